The number of piperazine rings is 1. The van der Waals surface area contributed by atoms with Crippen molar-refractivity contribution in [1.29, 1.82) is 0 Å². The van der Waals surface area contributed by atoms with Crippen LogP contribution in [0.15, 0.2) is 42.7 Å². The van der Waals surface area contributed by atoms with Gasteiger partial charge >= 0.3 is 0 Å². The van der Waals surface area contributed by atoms with Gasteiger partial charge in [0.25, 0.3) is 0 Å². The molecule has 0 spiro atoms. The number of rotatable bonds is 4. The quantitative estimate of drug-likeness (QED) is 0.928. The third-order valence-corrected chi connectivity index (χ3v) is 3.91. The van der Waals surface area contributed by atoms with Gasteiger partial charge in [-0.15, -0.1) is 0 Å². The van der Waals surface area contributed by atoms with E-state index in [0.717, 1.165) is 37.8 Å². The van der Waals surface area contributed by atoms with E-state index in [0.29, 0.717) is 6.54 Å². The standard InChI is InChI=1S/C17H21N5O/c1-14-3-5-15(6-4-14)20-16(23)13-21-9-11-22(12-10-21)17-18-7-2-8-19-17/h2-8H,9-13H2,1H3,(H,20,23). The first kappa shape index (κ1) is 15.4. The van der Waals surface area contributed by atoms with Gasteiger partial charge in [0.15, 0.2) is 0 Å². The molecular weight excluding hydrogens is 290 g/mol. The summed E-state index contributed by atoms with van der Waals surface area (Å²) in [6.45, 7) is 5.78. The van der Waals surface area contributed by atoms with E-state index in [-0.39, 0.29) is 5.91 Å². The molecule has 6 nitrogen and oxygen atoms in total. The number of hydrogen-bond donors (Lipinski definition) is 1. The van der Waals surface area contributed by atoms with Gasteiger partial charge in [-0.25, -0.2) is 9.97 Å². The van der Waals surface area contributed by atoms with Crippen molar-refractivity contribution in [3.63, 3.8) is 0 Å². The SMILES string of the molecule is Cc1ccc(NC(=O)CN2CCN(c3ncccn3)CC2)cc1. The molecule has 1 fully saturated rings. The summed E-state index contributed by atoms with van der Waals surface area (Å²) in [7, 11) is 0. The molecule has 1 aromatic heterocycles. The van der Waals surface area contributed by atoms with E-state index in [2.05, 4.69) is 25.1 Å². The summed E-state index contributed by atoms with van der Waals surface area (Å²) in [5.41, 5.74) is 2.03. The molecule has 0 radical (unpaired) electrons. The molecule has 120 valence electrons. The Balaban J connectivity index is 1.47. The first-order valence-electron chi connectivity index (χ1n) is 7.81. The van der Waals surface area contributed by atoms with Crippen LogP contribution >= 0.6 is 0 Å². The average molecular weight is 311 g/mol. The number of benzene rings is 1. The van der Waals surface area contributed by atoms with Crippen molar-refractivity contribution in [3.05, 3.63) is 48.3 Å². The first-order valence-corrected chi connectivity index (χ1v) is 7.81. The van der Waals surface area contributed by atoms with Gasteiger partial charge in [-0.1, -0.05) is 17.7 Å². The molecule has 0 bridgehead atoms. The maximum Gasteiger partial charge on any atom is 0.238 e. The number of nitrogens with one attached hydrogen (secondary N) is 1. The second kappa shape index (κ2) is 7.19. The number of aryl methyl sites for hydroxylation is 1. The number of aromatic nitrogens is 2. The Morgan fingerprint density at radius 2 is 1.74 bits per heavy atom. The number of nitrogens with zero attached hydrogens (tertiary/aromatic N) is 4. The molecule has 2 heterocycles. The second-order valence-electron chi connectivity index (χ2n) is 5.73. The maximum atomic E-state index is 12.1. The molecule has 1 N–H and O–H groups in total. The van der Waals surface area contributed by atoms with Crippen LogP contribution in [0.1, 0.15) is 5.56 Å². The Morgan fingerprint density at radius 1 is 1.09 bits per heavy atom. The van der Waals surface area contributed by atoms with Crippen molar-refractivity contribution in [1.82, 2.24) is 14.9 Å². The van der Waals surface area contributed by atoms with Crippen LogP contribution in [-0.2, 0) is 4.79 Å². The molecule has 1 aromatic carbocycles. The molecule has 0 unspecified atom stereocenters. The summed E-state index contributed by atoms with van der Waals surface area (Å²) in [6, 6.07) is 9.66. The first-order chi connectivity index (χ1) is 11.2. The van der Waals surface area contributed by atoms with Gasteiger partial charge in [0.2, 0.25) is 11.9 Å². The van der Waals surface area contributed by atoms with E-state index >= 15 is 0 Å². The average Bonchev–Trinajstić information content (AvgIpc) is 2.58. The zero-order valence-electron chi connectivity index (χ0n) is 13.3. The molecular formula is C17H21N5O. The molecule has 0 aliphatic carbocycles. The summed E-state index contributed by atoms with van der Waals surface area (Å²) >= 11 is 0. The van der Waals surface area contributed by atoms with Crippen LogP contribution in [0.2, 0.25) is 0 Å². The third-order valence-electron chi connectivity index (χ3n) is 3.91. The minimum absolute atomic E-state index is 0.0262. The lowest BCUT2D eigenvalue weighted by molar-refractivity contribution is -0.117. The fourth-order valence-corrected chi connectivity index (χ4v) is 2.60. The van der Waals surface area contributed by atoms with Crippen molar-refractivity contribution >= 4 is 17.5 Å². The molecule has 0 saturated carbocycles. The Morgan fingerprint density at radius 3 is 2.39 bits per heavy atom. The molecule has 23 heavy (non-hydrogen) atoms. The molecule has 3 rings (SSSR count). The lowest BCUT2D eigenvalue weighted by Gasteiger charge is -2.34. The predicted molar refractivity (Wildman–Crippen MR) is 90.5 cm³/mol. The van der Waals surface area contributed by atoms with Gasteiger partial charge in [-0.05, 0) is 25.1 Å². The Kier molecular flexibility index (Phi) is 4.83. The van der Waals surface area contributed by atoms with Crippen LogP contribution in [0.25, 0.3) is 0 Å². The van der Waals surface area contributed by atoms with Crippen molar-refractivity contribution < 1.29 is 4.79 Å². The summed E-state index contributed by atoms with van der Waals surface area (Å²) in [6.07, 6.45) is 3.51. The number of hydrogen-bond acceptors (Lipinski definition) is 5. The summed E-state index contributed by atoms with van der Waals surface area (Å²) < 4.78 is 0. The largest absolute Gasteiger partial charge is 0.338 e. The highest BCUT2D eigenvalue weighted by Crippen LogP contribution is 2.11. The van der Waals surface area contributed by atoms with Gasteiger partial charge in [-0.3, -0.25) is 9.69 Å². The third kappa shape index (κ3) is 4.26. The van der Waals surface area contributed by atoms with Crippen molar-refractivity contribution in [3.8, 4) is 0 Å². The fourth-order valence-electron chi connectivity index (χ4n) is 2.60. The van der Waals surface area contributed by atoms with E-state index in [4.69, 9.17) is 0 Å². The van der Waals surface area contributed by atoms with Gasteiger partial charge in [0, 0.05) is 44.3 Å². The smallest absolute Gasteiger partial charge is 0.238 e. The van der Waals surface area contributed by atoms with Gasteiger partial charge in [0.05, 0.1) is 6.54 Å². The second-order valence-corrected chi connectivity index (χ2v) is 5.73. The Labute approximate surface area is 136 Å². The van der Waals surface area contributed by atoms with Gasteiger partial charge in [0.1, 0.15) is 0 Å². The van der Waals surface area contributed by atoms with Crippen LogP contribution in [0.5, 0.6) is 0 Å². The molecule has 1 saturated heterocycles. The Hall–Kier alpha value is -2.47. The van der Waals surface area contributed by atoms with E-state index in [1.54, 1.807) is 12.4 Å². The topological polar surface area (TPSA) is 61.4 Å². The summed E-state index contributed by atoms with van der Waals surface area (Å²) in [4.78, 5) is 25.0. The number of carbonyl (C=O) groups is 1. The lowest BCUT2D eigenvalue weighted by Crippen LogP contribution is -2.49. The van der Waals surface area contributed by atoms with Gasteiger partial charge < -0.3 is 10.2 Å². The zero-order chi connectivity index (χ0) is 16.1. The summed E-state index contributed by atoms with van der Waals surface area (Å²) in [5.74, 6) is 0.787. The lowest BCUT2D eigenvalue weighted by atomic mass is 10.2. The molecule has 1 aliphatic heterocycles. The van der Waals surface area contributed by atoms with E-state index in [9.17, 15) is 4.79 Å². The van der Waals surface area contributed by atoms with Crippen LogP contribution in [-0.4, -0.2) is 53.5 Å². The number of amides is 1. The molecule has 2 aromatic rings. The highest BCUT2D eigenvalue weighted by Gasteiger charge is 2.20. The highest BCUT2D eigenvalue weighted by atomic mass is 16.2. The molecule has 6 heteroatoms. The monoisotopic (exact) mass is 311 g/mol. The highest BCUT2D eigenvalue weighted by molar-refractivity contribution is 5.92. The van der Waals surface area contributed by atoms with E-state index < -0.39 is 0 Å². The molecule has 1 aliphatic rings. The van der Waals surface area contributed by atoms with Crippen LogP contribution in [0, 0.1) is 6.92 Å². The van der Waals surface area contributed by atoms with Gasteiger partial charge in [-0.2, -0.15) is 0 Å². The summed E-state index contributed by atoms with van der Waals surface area (Å²) in [5, 5.41) is 2.94. The zero-order valence-corrected chi connectivity index (χ0v) is 13.3. The van der Waals surface area contributed by atoms with Crippen molar-refractivity contribution in [2.45, 2.75) is 6.92 Å². The predicted octanol–water partition coefficient (Wildman–Crippen LogP) is 1.55. The molecule has 0 atom stereocenters. The van der Waals surface area contributed by atoms with Crippen LogP contribution < -0.4 is 10.2 Å². The number of anilines is 2. The van der Waals surface area contributed by atoms with E-state index in [1.807, 2.05) is 37.3 Å². The van der Waals surface area contributed by atoms with Crippen LogP contribution in [0.4, 0.5) is 11.6 Å². The van der Waals surface area contributed by atoms with Crippen LogP contribution in [0.3, 0.4) is 0 Å². The normalized spacial score (nSPS) is 15.4. The van der Waals surface area contributed by atoms with E-state index in [1.165, 1.54) is 5.56 Å². The van der Waals surface area contributed by atoms with Crippen molar-refractivity contribution in [2.24, 2.45) is 0 Å². The molecule has 1 amide bonds. The maximum absolute atomic E-state index is 12.1. The number of carbonyl (C=O) groups excluding carboxylic acids is 1. The fraction of sp³-hybridized carbons (Fsp3) is 0.353. The van der Waals surface area contributed by atoms with Crippen molar-refractivity contribution in [2.75, 3.05) is 42.9 Å². The Bertz CT molecular complexity index is 636. The minimum atomic E-state index is 0.0262. The minimum Gasteiger partial charge on any atom is -0.338 e.